The summed E-state index contributed by atoms with van der Waals surface area (Å²) in [7, 11) is 0. The fourth-order valence-corrected chi connectivity index (χ4v) is 8.98. The Kier molecular flexibility index (Phi) is 7.36. The van der Waals surface area contributed by atoms with E-state index in [1.165, 1.54) is 51.2 Å². The molecule has 5 rings (SSSR count). The van der Waals surface area contributed by atoms with E-state index in [-0.39, 0.29) is 0 Å². The molecule has 0 aromatic heterocycles. The van der Waals surface area contributed by atoms with E-state index in [0.717, 1.165) is 59.7 Å². The van der Waals surface area contributed by atoms with Gasteiger partial charge < -0.3 is 4.79 Å². The largest absolute Gasteiger partial charge is 0.303 e. The van der Waals surface area contributed by atoms with Crippen LogP contribution in [0.3, 0.4) is 0 Å². The fourth-order valence-electron chi connectivity index (χ4n) is 8.98. The summed E-state index contributed by atoms with van der Waals surface area (Å²) in [6, 6.07) is 0. The van der Waals surface area contributed by atoms with Crippen LogP contribution in [0.1, 0.15) is 106 Å². The van der Waals surface area contributed by atoms with Crippen molar-refractivity contribution in [3.8, 4) is 0 Å². The van der Waals surface area contributed by atoms with Gasteiger partial charge in [0.1, 0.15) is 6.29 Å². The maximum Gasteiger partial charge on any atom is 0.120 e. The summed E-state index contributed by atoms with van der Waals surface area (Å²) >= 11 is 0. The van der Waals surface area contributed by atoms with Gasteiger partial charge in [-0.25, -0.2) is 0 Å². The molecule has 0 aromatic rings. The van der Waals surface area contributed by atoms with Crippen molar-refractivity contribution in [1.29, 1.82) is 0 Å². The Bertz CT molecular complexity index is 512. The van der Waals surface area contributed by atoms with Crippen LogP contribution in [0, 0.1) is 58.7 Å². The predicted octanol–water partition coefficient (Wildman–Crippen LogP) is 7.78. The van der Waals surface area contributed by atoms with Crippen LogP contribution in [0.15, 0.2) is 0 Å². The molecule has 0 aliphatic heterocycles. The summed E-state index contributed by atoms with van der Waals surface area (Å²) in [5, 5.41) is 0. The van der Waals surface area contributed by atoms with Crippen LogP contribution < -0.4 is 0 Å². The molecule has 0 heterocycles. The van der Waals surface area contributed by atoms with Crippen LogP contribution in [0.25, 0.3) is 0 Å². The predicted molar refractivity (Wildman–Crippen MR) is 120 cm³/mol. The second kappa shape index (κ2) is 9.22. The highest BCUT2D eigenvalue weighted by atomic mass is 16.1. The SMILES string of the molecule is CC.CC.CC[C@H]1CCC2C(CCC3C2CCC2(C)C3C3C[C@@H]3C2CC=O)C1. The first-order chi connectivity index (χ1) is 13.7. The molecule has 10 atom stereocenters. The number of hydrogen-bond acceptors (Lipinski definition) is 1. The average molecular weight is 389 g/mol. The average Bonchev–Trinajstić information content (AvgIpc) is 3.48. The number of rotatable bonds is 3. The monoisotopic (exact) mass is 388 g/mol. The third-order valence-electron chi connectivity index (χ3n) is 10.0. The summed E-state index contributed by atoms with van der Waals surface area (Å²) in [5.41, 5.74) is 0.517. The van der Waals surface area contributed by atoms with Crippen LogP contribution in [0.4, 0.5) is 0 Å². The second-order valence-electron chi connectivity index (χ2n) is 10.6. The van der Waals surface area contributed by atoms with Gasteiger partial charge in [-0.15, -0.1) is 0 Å². The first-order valence-electron chi connectivity index (χ1n) is 13.1. The van der Waals surface area contributed by atoms with Crippen molar-refractivity contribution in [2.75, 3.05) is 0 Å². The smallest absolute Gasteiger partial charge is 0.120 e. The van der Waals surface area contributed by atoms with Crippen LogP contribution in [-0.4, -0.2) is 6.29 Å². The zero-order valence-electron chi connectivity index (χ0n) is 19.8. The Labute approximate surface area is 175 Å². The van der Waals surface area contributed by atoms with Gasteiger partial charge in [0.05, 0.1) is 0 Å². The standard InChI is InChI=1S/C23H36O.2C2H6/c1-3-14-4-6-16-15(12-14)5-7-18-17(16)8-10-23(2)21(9-11-24)19-13-20(19)22(18)23;2*1-2/h11,14-22H,3-10,12-13H2,1-2H3;2*1-2H3/t14-,15?,16?,17?,18?,19-,20?,21?,22?,23?;;/m0../s1. The van der Waals surface area contributed by atoms with Gasteiger partial charge in [-0.05, 0) is 104 Å². The highest BCUT2D eigenvalue weighted by Crippen LogP contribution is 2.75. The molecular weight excluding hydrogens is 340 g/mol. The molecule has 5 aliphatic rings. The van der Waals surface area contributed by atoms with E-state index in [4.69, 9.17) is 0 Å². The zero-order valence-corrected chi connectivity index (χ0v) is 19.8. The van der Waals surface area contributed by atoms with Gasteiger partial charge >= 0.3 is 0 Å². The van der Waals surface area contributed by atoms with Crippen LogP contribution in [0.2, 0.25) is 0 Å². The summed E-state index contributed by atoms with van der Waals surface area (Å²) in [6.07, 6.45) is 15.6. The third-order valence-corrected chi connectivity index (χ3v) is 10.0. The Hall–Kier alpha value is -0.330. The summed E-state index contributed by atoms with van der Waals surface area (Å²) in [5.74, 6) is 8.90. The summed E-state index contributed by atoms with van der Waals surface area (Å²) < 4.78 is 0. The van der Waals surface area contributed by atoms with Crippen molar-refractivity contribution < 1.29 is 4.79 Å². The molecule has 5 fully saturated rings. The molecule has 5 saturated carbocycles. The van der Waals surface area contributed by atoms with E-state index in [2.05, 4.69) is 13.8 Å². The normalized spacial score (nSPS) is 50.3. The van der Waals surface area contributed by atoms with E-state index in [1.54, 1.807) is 12.8 Å². The van der Waals surface area contributed by atoms with Crippen molar-refractivity contribution in [3.05, 3.63) is 0 Å². The Balaban J connectivity index is 0.000000531. The minimum Gasteiger partial charge on any atom is -0.303 e. The molecule has 28 heavy (non-hydrogen) atoms. The van der Waals surface area contributed by atoms with Gasteiger partial charge in [-0.1, -0.05) is 54.4 Å². The van der Waals surface area contributed by atoms with E-state index >= 15 is 0 Å². The first-order valence-corrected chi connectivity index (χ1v) is 13.1. The number of fused-ring (bicyclic) bond motifs is 7. The minimum atomic E-state index is 0.517. The highest BCUT2D eigenvalue weighted by Gasteiger charge is 2.68. The maximum absolute atomic E-state index is 11.3. The van der Waals surface area contributed by atoms with Crippen LogP contribution in [0.5, 0.6) is 0 Å². The fraction of sp³-hybridized carbons (Fsp3) is 0.963. The quantitative estimate of drug-likeness (QED) is 0.451. The number of carbonyl (C=O) groups excluding carboxylic acids is 1. The first kappa shape index (κ1) is 22.4. The minimum absolute atomic E-state index is 0.517. The van der Waals surface area contributed by atoms with Gasteiger partial charge in [0.2, 0.25) is 0 Å². The van der Waals surface area contributed by atoms with E-state index in [0.29, 0.717) is 5.41 Å². The van der Waals surface area contributed by atoms with E-state index in [1.807, 2.05) is 27.7 Å². The molecule has 1 heteroatoms. The van der Waals surface area contributed by atoms with Crippen molar-refractivity contribution in [2.24, 2.45) is 58.7 Å². The van der Waals surface area contributed by atoms with Crippen LogP contribution in [-0.2, 0) is 4.79 Å². The highest BCUT2D eigenvalue weighted by molar-refractivity contribution is 5.51. The zero-order chi connectivity index (χ0) is 20.5. The summed E-state index contributed by atoms with van der Waals surface area (Å²) in [4.78, 5) is 11.3. The molecule has 5 aliphatic carbocycles. The lowest BCUT2D eigenvalue weighted by Gasteiger charge is -2.57. The molecule has 0 saturated heterocycles. The maximum atomic E-state index is 11.3. The molecule has 0 bridgehead atoms. The molecule has 1 nitrogen and oxygen atoms in total. The number of hydrogen-bond donors (Lipinski definition) is 0. The molecule has 0 spiro atoms. The lowest BCUT2D eigenvalue weighted by molar-refractivity contribution is -0.112. The molecule has 0 radical (unpaired) electrons. The summed E-state index contributed by atoms with van der Waals surface area (Å²) in [6.45, 7) is 13.0. The lowest BCUT2D eigenvalue weighted by Crippen LogP contribution is -2.50. The van der Waals surface area contributed by atoms with Crippen molar-refractivity contribution >= 4 is 6.29 Å². The molecule has 0 N–H and O–H groups in total. The molecular formula is C27H48O. The molecule has 162 valence electrons. The lowest BCUT2D eigenvalue weighted by atomic mass is 9.48. The molecule has 0 aromatic carbocycles. The Morgan fingerprint density at radius 1 is 0.821 bits per heavy atom. The topological polar surface area (TPSA) is 17.1 Å². The van der Waals surface area contributed by atoms with E-state index in [9.17, 15) is 4.79 Å². The van der Waals surface area contributed by atoms with Gasteiger partial charge in [0, 0.05) is 6.42 Å². The van der Waals surface area contributed by atoms with Crippen molar-refractivity contribution in [2.45, 2.75) is 106 Å². The van der Waals surface area contributed by atoms with Gasteiger partial charge in [-0.3, -0.25) is 0 Å². The second-order valence-corrected chi connectivity index (χ2v) is 10.6. The molecule has 0 amide bonds. The van der Waals surface area contributed by atoms with E-state index < -0.39 is 0 Å². The van der Waals surface area contributed by atoms with Crippen LogP contribution >= 0.6 is 0 Å². The Morgan fingerprint density at radius 3 is 2.21 bits per heavy atom. The van der Waals surface area contributed by atoms with Gasteiger partial charge in [0.15, 0.2) is 0 Å². The van der Waals surface area contributed by atoms with Gasteiger partial charge in [-0.2, -0.15) is 0 Å². The molecule has 8 unspecified atom stereocenters. The van der Waals surface area contributed by atoms with Crippen molar-refractivity contribution in [3.63, 3.8) is 0 Å². The Morgan fingerprint density at radius 2 is 1.54 bits per heavy atom. The number of carbonyl (C=O) groups is 1. The number of aldehydes is 1. The van der Waals surface area contributed by atoms with Gasteiger partial charge in [0.25, 0.3) is 0 Å². The third kappa shape index (κ3) is 3.51. The van der Waals surface area contributed by atoms with Crippen molar-refractivity contribution in [1.82, 2.24) is 0 Å².